The number of unbranched alkanes of at least 4 members (excludes halogenated alkanes) is 39. The van der Waals surface area contributed by atoms with Crippen molar-refractivity contribution in [3.8, 4) is 0 Å². The van der Waals surface area contributed by atoms with Crippen LogP contribution in [0, 0.1) is 0 Å². The van der Waals surface area contributed by atoms with Crippen molar-refractivity contribution < 1.29 is 23.8 Å². The minimum atomic E-state index is -0.533. The van der Waals surface area contributed by atoms with Gasteiger partial charge in [-0.15, -0.1) is 0 Å². The van der Waals surface area contributed by atoms with Gasteiger partial charge in [-0.1, -0.05) is 257 Å². The molecule has 1 atom stereocenters. The van der Waals surface area contributed by atoms with Gasteiger partial charge in [-0.25, -0.2) is 0 Å². The number of hydrogen-bond acceptors (Lipinski definition) is 5. The molecule has 0 aliphatic heterocycles. The molecule has 0 aromatic heterocycles. The van der Waals surface area contributed by atoms with Gasteiger partial charge >= 0.3 is 11.9 Å². The van der Waals surface area contributed by atoms with Crippen LogP contribution in [0.15, 0.2) is 24.3 Å². The fraction of sp³-hybridized carbons (Fsp3) is 0.898. The van der Waals surface area contributed by atoms with Crippen LogP contribution in [0.2, 0.25) is 0 Å². The van der Waals surface area contributed by atoms with E-state index in [2.05, 4.69) is 45.1 Å². The van der Waals surface area contributed by atoms with Gasteiger partial charge in [-0.3, -0.25) is 9.59 Å². The zero-order chi connectivity index (χ0) is 46.3. The first kappa shape index (κ1) is 62.4. The van der Waals surface area contributed by atoms with E-state index in [4.69, 9.17) is 14.2 Å². The molecule has 5 nitrogen and oxygen atoms in total. The molecule has 0 aliphatic rings. The van der Waals surface area contributed by atoms with Crippen LogP contribution in [0.5, 0.6) is 0 Å². The van der Waals surface area contributed by atoms with E-state index in [0.29, 0.717) is 26.1 Å². The van der Waals surface area contributed by atoms with E-state index in [0.717, 1.165) is 38.5 Å². The number of carbonyl (C=O) groups excluding carboxylic acids is 2. The van der Waals surface area contributed by atoms with Gasteiger partial charge in [-0.2, -0.15) is 0 Å². The lowest BCUT2D eigenvalue weighted by Gasteiger charge is -2.18. The molecule has 1 unspecified atom stereocenters. The van der Waals surface area contributed by atoms with Crippen LogP contribution in [0.25, 0.3) is 0 Å². The summed E-state index contributed by atoms with van der Waals surface area (Å²) in [6, 6.07) is 0. The summed E-state index contributed by atoms with van der Waals surface area (Å²) in [6.45, 7) is 7.87. The molecule has 0 fully saturated rings. The van der Waals surface area contributed by atoms with E-state index in [9.17, 15) is 9.59 Å². The average molecular weight is 902 g/mol. The third kappa shape index (κ3) is 53.0. The monoisotopic (exact) mass is 901 g/mol. The number of allylic oxidation sites excluding steroid dienone is 4. The summed E-state index contributed by atoms with van der Waals surface area (Å²) in [6.07, 6.45) is 66.2. The highest BCUT2D eigenvalue weighted by Gasteiger charge is 2.17. The number of ether oxygens (including phenoxy) is 3. The van der Waals surface area contributed by atoms with E-state index in [1.54, 1.807) is 0 Å². The summed E-state index contributed by atoms with van der Waals surface area (Å²) < 4.78 is 17.5. The Morgan fingerprint density at radius 2 is 0.609 bits per heavy atom. The van der Waals surface area contributed by atoms with Crippen LogP contribution in [0.3, 0.4) is 0 Å². The van der Waals surface area contributed by atoms with Crippen molar-refractivity contribution in [2.45, 2.75) is 322 Å². The summed E-state index contributed by atoms with van der Waals surface area (Å²) in [5.41, 5.74) is 0. The first-order chi connectivity index (χ1) is 31.6. The number of esters is 2. The highest BCUT2D eigenvalue weighted by molar-refractivity contribution is 5.70. The van der Waals surface area contributed by atoms with Gasteiger partial charge in [0.15, 0.2) is 6.10 Å². The van der Waals surface area contributed by atoms with E-state index in [-0.39, 0.29) is 18.5 Å². The zero-order valence-corrected chi connectivity index (χ0v) is 43.6. The standard InChI is InChI=1S/C59H112O5/c1-4-7-10-13-16-19-22-25-27-29-31-33-36-39-42-45-48-51-54-62-55-57(64-59(61)53-50-47-44-41-38-34-24-21-18-15-12-9-6-3)56-63-58(60)52-49-46-43-40-37-35-32-30-28-26-23-20-17-14-11-8-5-2/h25-28,57H,4-24,29-56H2,1-3H3/b27-25-,28-26-. The maximum absolute atomic E-state index is 12.8. The minimum absolute atomic E-state index is 0.0888. The molecule has 0 saturated carbocycles. The zero-order valence-electron chi connectivity index (χ0n) is 43.6. The topological polar surface area (TPSA) is 61.8 Å². The lowest BCUT2D eigenvalue weighted by molar-refractivity contribution is -0.163. The molecule has 0 N–H and O–H groups in total. The third-order valence-electron chi connectivity index (χ3n) is 13.0. The van der Waals surface area contributed by atoms with Crippen LogP contribution < -0.4 is 0 Å². The van der Waals surface area contributed by atoms with Crippen LogP contribution in [-0.2, 0) is 23.8 Å². The second kappa shape index (κ2) is 55.7. The summed E-state index contributed by atoms with van der Waals surface area (Å²) in [5, 5.41) is 0. The normalized spacial score (nSPS) is 12.2. The van der Waals surface area contributed by atoms with E-state index >= 15 is 0 Å². The molecule has 5 heteroatoms. The Morgan fingerprint density at radius 1 is 0.328 bits per heavy atom. The quantitative estimate of drug-likeness (QED) is 0.0346. The van der Waals surface area contributed by atoms with Gasteiger partial charge < -0.3 is 14.2 Å². The second-order valence-electron chi connectivity index (χ2n) is 19.5. The van der Waals surface area contributed by atoms with Crippen LogP contribution >= 0.6 is 0 Å². The van der Waals surface area contributed by atoms with E-state index in [1.165, 1.54) is 244 Å². The third-order valence-corrected chi connectivity index (χ3v) is 13.0. The van der Waals surface area contributed by atoms with Crippen LogP contribution in [0.4, 0.5) is 0 Å². The molecule has 0 rings (SSSR count). The summed E-state index contributed by atoms with van der Waals surface area (Å²) in [7, 11) is 0. The number of hydrogen-bond donors (Lipinski definition) is 0. The van der Waals surface area contributed by atoms with Gasteiger partial charge in [-0.05, 0) is 70.6 Å². The van der Waals surface area contributed by atoms with Crippen molar-refractivity contribution in [2.24, 2.45) is 0 Å². The molecular weight excluding hydrogens is 789 g/mol. The first-order valence-electron chi connectivity index (χ1n) is 28.9. The highest BCUT2D eigenvalue weighted by atomic mass is 16.6. The van der Waals surface area contributed by atoms with Crippen molar-refractivity contribution in [1.29, 1.82) is 0 Å². The Labute approximate surface area is 400 Å². The van der Waals surface area contributed by atoms with Crippen molar-refractivity contribution >= 4 is 11.9 Å². The largest absolute Gasteiger partial charge is 0.462 e. The molecule has 0 radical (unpaired) electrons. The maximum Gasteiger partial charge on any atom is 0.306 e. The Morgan fingerprint density at radius 3 is 0.953 bits per heavy atom. The van der Waals surface area contributed by atoms with Gasteiger partial charge in [0.2, 0.25) is 0 Å². The van der Waals surface area contributed by atoms with Crippen molar-refractivity contribution in [1.82, 2.24) is 0 Å². The molecule has 64 heavy (non-hydrogen) atoms. The van der Waals surface area contributed by atoms with Crippen LogP contribution in [-0.4, -0.2) is 37.9 Å². The van der Waals surface area contributed by atoms with E-state index in [1.807, 2.05) is 0 Å². The van der Waals surface area contributed by atoms with Crippen LogP contribution in [0.1, 0.15) is 316 Å². The Hall–Kier alpha value is -1.62. The van der Waals surface area contributed by atoms with Gasteiger partial charge in [0.25, 0.3) is 0 Å². The summed E-state index contributed by atoms with van der Waals surface area (Å²) in [5.74, 6) is -0.383. The summed E-state index contributed by atoms with van der Waals surface area (Å²) in [4.78, 5) is 25.5. The number of rotatable bonds is 54. The molecule has 0 amide bonds. The molecular formula is C59H112O5. The van der Waals surface area contributed by atoms with Gasteiger partial charge in [0.05, 0.1) is 6.61 Å². The Kier molecular flexibility index (Phi) is 54.3. The SMILES string of the molecule is CCCCCCCC/C=C\CCCCCCCCCCOCC(COC(=O)CCCCCCCCC/C=C\CCCCCCCC)OC(=O)CCCCCCCCCCCCCCC. The smallest absolute Gasteiger partial charge is 0.306 e. The van der Waals surface area contributed by atoms with Gasteiger partial charge in [0.1, 0.15) is 6.61 Å². The molecule has 0 bridgehead atoms. The molecule has 0 saturated heterocycles. The highest BCUT2D eigenvalue weighted by Crippen LogP contribution is 2.16. The van der Waals surface area contributed by atoms with Crippen molar-refractivity contribution in [3.63, 3.8) is 0 Å². The predicted octanol–water partition coefficient (Wildman–Crippen LogP) is 19.6. The van der Waals surface area contributed by atoms with Gasteiger partial charge in [0, 0.05) is 19.4 Å². The molecule has 378 valence electrons. The average Bonchev–Trinajstić information content (AvgIpc) is 3.30. The predicted molar refractivity (Wildman–Crippen MR) is 279 cm³/mol. The Balaban J connectivity index is 4.21. The minimum Gasteiger partial charge on any atom is -0.462 e. The first-order valence-corrected chi connectivity index (χ1v) is 28.9. The van der Waals surface area contributed by atoms with Crippen molar-refractivity contribution in [2.75, 3.05) is 19.8 Å². The fourth-order valence-electron chi connectivity index (χ4n) is 8.62. The molecule has 0 aromatic carbocycles. The summed E-state index contributed by atoms with van der Waals surface area (Å²) >= 11 is 0. The Bertz CT molecular complexity index is 974. The molecule has 0 spiro atoms. The maximum atomic E-state index is 12.8. The van der Waals surface area contributed by atoms with Crippen molar-refractivity contribution in [3.05, 3.63) is 24.3 Å². The number of carbonyl (C=O) groups is 2. The lowest BCUT2D eigenvalue weighted by atomic mass is 10.0. The van der Waals surface area contributed by atoms with E-state index < -0.39 is 6.10 Å². The fourth-order valence-corrected chi connectivity index (χ4v) is 8.62. The molecule has 0 heterocycles. The molecule has 0 aliphatic carbocycles. The lowest BCUT2D eigenvalue weighted by Crippen LogP contribution is -2.30. The molecule has 0 aromatic rings. The second-order valence-corrected chi connectivity index (χ2v) is 19.5.